The van der Waals surface area contributed by atoms with Gasteiger partial charge >= 0.3 is 0 Å². The maximum atomic E-state index is 5.06. The van der Waals surface area contributed by atoms with Gasteiger partial charge in [-0.25, -0.2) is 9.97 Å². The third-order valence-electron chi connectivity index (χ3n) is 7.30. The largest absolute Gasteiger partial charge is 0.308 e. The van der Waals surface area contributed by atoms with E-state index in [1.54, 1.807) is 0 Å². The summed E-state index contributed by atoms with van der Waals surface area (Å²) in [7, 11) is 0. The number of rotatable bonds is 4. The molecule has 0 fully saturated rings. The van der Waals surface area contributed by atoms with Crippen molar-refractivity contribution in [2.24, 2.45) is 0 Å². The lowest BCUT2D eigenvalue weighted by Gasteiger charge is -2.12. The van der Waals surface area contributed by atoms with Gasteiger partial charge in [0.1, 0.15) is 0 Å². The van der Waals surface area contributed by atoms with E-state index in [0.717, 1.165) is 44.7 Å². The molecule has 0 bridgehead atoms. The number of aromatic nitrogens is 4. The third-order valence-corrected chi connectivity index (χ3v) is 8.50. The molecule has 4 aromatic carbocycles. The Kier molecular flexibility index (Phi) is 5.28. The fourth-order valence-electron chi connectivity index (χ4n) is 5.46. The smallest absolute Gasteiger partial charge is 0.160 e. The highest BCUT2D eigenvalue weighted by Gasteiger charge is 2.18. The second-order valence-electron chi connectivity index (χ2n) is 9.75. The van der Waals surface area contributed by atoms with Gasteiger partial charge in [-0.1, -0.05) is 91.0 Å². The highest BCUT2D eigenvalue weighted by Crippen LogP contribution is 2.42. The molecule has 0 radical (unpaired) electrons. The molecule has 4 heterocycles. The number of benzene rings is 4. The van der Waals surface area contributed by atoms with E-state index >= 15 is 0 Å². The van der Waals surface area contributed by atoms with Gasteiger partial charge in [0, 0.05) is 50.2 Å². The molecule has 0 aliphatic heterocycles. The van der Waals surface area contributed by atoms with E-state index in [1.165, 1.54) is 20.3 Å². The van der Waals surface area contributed by atoms with Gasteiger partial charge in [-0.05, 0) is 30.3 Å². The fraction of sp³-hybridized carbons (Fsp3) is 0. The van der Waals surface area contributed by atoms with Crippen LogP contribution in [0, 0.1) is 0 Å². The van der Waals surface area contributed by atoms with Gasteiger partial charge in [-0.15, -0.1) is 11.3 Å². The Hall–Kier alpha value is -5.13. The molecular weight excluding hydrogens is 508 g/mol. The van der Waals surface area contributed by atoms with Crippen LogP contribution in [-0.2, 0) is 0 Å². The van der Waals surface area contributed by atoms with E-state index in [1.807, 2.05) is 60.1 Å². The van der Waals surface area contributed by atoms with Crippen LogP contribution in [0.5, 0.6) is 0 Å². The molecule has 0 N–H and O–H groups in total. The Morgan fingerprint density at radius 3 is 2.00 bits per heavy atom. The molecule has 8 rings (SSSR count). The van der Waals surface area contributed by atoms with E-state index < -0.39 is 0 Å². The maximum Gasteiger partial charge on any atom is 0.160 e. The van der Waals surface area contributed by atoms with E-state index in [9.17, 15) is 0 Å². The zero-order valence-electron chi connectivity index (χ0n) is 21.4. The van der Waals surface area contributed by atoms with Gasteiger partial charge in [-0.3, -0.25) is 4.98 Å². The van der Waals surface area contributed by atoms with E-state index in [0.29, 0.717) is 5.82 Å². The summed E-state index contributed by atoms with van der Waals surface area (Å²) < 4.78 is 4.88. The molecule has 188 valence electrons. The molecule has 0 saturated carbocycles. The van der Waals surface area contributed by atoms with Crippen molar-refractivity contribution in [1.29, 1.82) is 0 Å². The summed E-state index contributed by atoms with van der Waals surface area (Å²) in [6.45, 7) is 0. The number of nitrogens with zero attached hydrogens (tertiary/aromatic N) is 4. The monoisotopic (exact) mass is 530 g/mol. The molecule has 4 nitrogen and oxygen atoms in total. The molecule has 0 atom stereocenters. The summed E-state index contributed by atoms with van der Waals surface area (Å²) in [5.74, 6) is 0.701. The second kappa shape index (κ2) is 9.26. The van der Waals surface area contributed by atoms with Gasteiger partial charge in [0.15, 0.2) is 5.82 Å². The van der Waals surface area contributed by atoms with Crippen LogP contribution in [0.2, 0.25) is 0 Å². The van der Waals surface area contributed by atoms with Crippen molar-refractivity contribution in [1.82, 2.24) is 19.5 Å². The molecule has 5 heteroatoms. The van der Waals surface area contributed by atoms with Crippen LogP contribution in [0.4, 0.5) is 0 Å². The predicted octanol–water partition coefficient (Wildman–Crippen LogP) is 9.18. The normalized spacial score (nSPS) is 11.5. The van der Waals surface area contributed by atoms with Crippen LogP contribution in [0.3, 0.4) is 0 Å². The Morgan fingerprint density at radius 1 is 0.575 bits per heavy atom. The summed E-state index contributed by atoms with van der Waals surface area (Å²) in [4.78, 5) is 14.6. The summed E-state index contributed by atoms with van der Waals surface area (Å²) >= 11 is 1.82. The minimum absolute atomic E-state index is 0.701. The molecule has 40 heavy (non-hydrogen) atoms. The van der Waals surface area contributed by atoms with Crippen LogP contribution in [0.15, 0.2) is 134 Å². The number of hydrogen-bond acceptors (Lipinski definition) is 4. The van der Waals surface area contributed by atoms with Crippen LogP contribution in [0.1, 0.15) is 0 Å². The molecule has 4 aromatic heterocycles. The van der Waals surface area contributed by atoms with E-state index in [4.69, 9.17) is 9.97 Å². The van der Waals surface area contributed by atoms with Gasteiger partial charge in [0.2, 0.25) is 0 Å². The van der Waals surface area contributed by atoms with Crippen molar-refractivity contribution in [3.05, 3.63) is 134 Å². The first-order chi connectivity index (χ1) is 19.8. The maximum absolute atomic E-state index is 5.06. The Morgan fingerprint density at radius 2 is 1.25 bits per heavy atom. The standard InChI is InChI=1S/C35H22N4S/c1-3-10-23(11-4-1)29-21-30(24-12-5-2-6-13-24)38-35(37-29)25-14-9-15-26(20-25)39-31-18-19-36-22-28(31)34-33(39)27-16-7-8-17-32(27)40-34/h1-22H. The van der Waals surface area contributed by atoms with E-state index in [-0.39, 0.29) is 0 Å². The Bertz CT molecular complexity index is 2100. The first-order valence-electron chi connectivity index (χ1n) is 13.2. The Balaban J connectivity index is 1.36. The summed E-state index contributed by atoms with van der Waals surface area (Å²) in [5, 5.41) is 2.41. The van der Waals surface area contributed by atoms with Crippen molar-refractivity contribution < 1.29 is 0 Å². The average molecular weight is 531 g/mol. The predicted molar refractivity (Wildman–Crippen MR) is 166 cm³/mol. The summed E-state index contributed by atoms with van der Waals surface area (Å²) in [6, 6.07) is 41.9. The van der Waals surface area contributed by atoms with Crippen molar-refractivity contribution in [2.45, 2.75) is 0 Å². The lowest BCUT2D eigenvalue weighted by Crippen LogP contribution is -1.98. The second-order valence-corrected chi connectivity index (χ2v) is 10.8. The first-order valence-corrected chi connectivity index (χ1v) is 14.0. The van der Waals surface area contributed by atoms with Crippen LogP contribution in [0.25, 0.3) is 70.8 Å². The SMILES string of the molecule is c1ccc(-c2cc(-c3ccccc3)nc(-c3cccc(-n4c5ccncc5c5sc6ccccc6c54)c3)n2)cc1. The fourth-order valence-corrected chi connectivity index (χ4v) is 6.66. The molecular formula is C35H22N4S. The molecule has 0 saturated heterocycles. The average Bonchev–Trinajstić information content (AvgIpc) is 3.57. The third kappa shape index (κ3) is 3.71. The number of thiophene rings is 1. The number of pyridine rings is 1. The summed E-state index contributed by atoms with van der Waals surface area (Å²) in [6.07, 6.45) is 3.85. The van der Waals surface area contributed by atoms with Crippen molar-refractivity contribution in [3.63, 3.8) is 0 Å². The van der Waals surface area contributed by atoms with Crippen LogP contribution < -0.4 is 0 Å². The minimum Gasteiger partial charge on any atom is -0.308 e. The van der Waals surface area contributed by atoms with Crippen molar-refractivity contribution in [3.8, 4) is 39.6 Å². The highest BCUT2D eigenvalue weighted by atomic mass is 32.1. The van der Waals surface area contributed by atoms with Crippen molar-refractivity contribution >= 4 is 42.5 Å². The molecule has 0 amide bonds. The zero-order valence-corrected chi connectivity index (χ0v) is 22.2. The van der Waals surface area contributed by atoms with Gasteiger partial charge in [0.25, 0.3) is 0 Å². The quantitative estimate of drug-likeness (QED) is 0.228. The summed E-state index contributed by atoms with van der Waals surface area (Å²) in [5.41, 5.74) is 8.33. The highest BCUT2D eigenvalue weighted by molar-refractivity contribution is 7.26. The van der Waals surface area contributed by atoms with E-state index in [2.05, 4.69) is 94.5 Å². The zero-order chi connectivity index (χ0) is 26.5. The number of fused-ring (bicyclic) bond motifs is 5. The molecule has 0 aliphatic carbocycles. The van der Waals surface area contributed by atoms with Crippen molar-refractivity contribution in [2.75, 3.05) is 0 Å². The lowest BCUT2D eigenvalue weighted by atomic mass is 10.1. The van der Waals surface area contributed by atoms with Gasteiger partial charge < -0.3 is 4.57 Å². The Labute approximate surface area is 234 Å². The topological polar surface area (TPSA) is 43.6 Å². The van der Waals surface area contributed by atoms with Crippen LogP contribution in [-0.4, -0.2) is 19.5 Å². The molecule has 0 aliphatic rings. The molecule has 0 unspecified atom stereocenters. The lowest BCUT2D eigenvalue weighted by molar-refractivity contribution is 1.16. The van der Waals surface area contributed by atoms with Gasteiger partial charge in [-0.2, -0.15) is 0 Å². The minimum atomic E-state index is 0.701. The first kappa shape index (κ1) is 22.8. The molecule has 0 spiro atoms. The van der Waals surface area contributed by atoms with Crippen LogP contribution >= 0.6 is 11.3 Å². The van der Waals surface area contributed by atoms with Gasteiger partial charge in [0.05, 0.1) is 27.1 Å². The number of hydrogen-bond donors (Lipinski definition) is 0. The molecule has 8 aromatic rings.